The maximum Gasteiger partial charge on any atom is 0.255 e. The van der Waals surface area contributed by atoms with Gasteiger partial charge in [0.25, 0.3) is 11.8 Å². The number of fused-ring (bicyclic) bond motifs is 3. The fourth-order valence-corrected chi connectivity index (χ4v) is 5.06. The summed E-state index contributed by atoms with van der Waals surface area (Å²) < 4.78 is 0. The van der Waals surface area contributed by atoms with Gasteiger partial charge in [0.05, 0.1) is 5.56 Å². The Morgan fingerprint density at radius 2 is 1.78 bits per heavy atom. The Morgan fingerprint density at radius 3 is 2.38 bits per heavy atom. The Kier molecular flexibility index (Phi) is 4.67. The van der Waals surface area contributed by atoms with Gasteiger partial charge in [-0.15, -0.1) is 0 Å². The molecule has 1 fully saturated rings. The Labute approximate surface area is 182 Å². The molecule has 3 aliphatic rings. The minimum atomic E-state index is -2.61. The highest BCUT2D eigenvalue weighted by molar-refractivity contribution is 6.22. The summed E-state index contributed by atoms with van der Waals surface area (Å²) in [6.07, 6.45) is -0.308. The van der Waals surface area contributed by atoms with Gasteiger partial charge in [0.15, 0.2) is 11.4 Å². The Hall–Kier alpha value is -3.66. The second kappa shape index (κ2) is 6.92. The molecule has 3 aliphatic carbocycles. The molecule has 10 nitrogen and oxygen atoms in total. The lowest BCUT2D eigenvalue weighted by molar-refractivity contribution is -0.147. The lowest BCUT2D eigenvalue weighted by Gasteiger charge is -2.46. The standard InChI is InChI=1S/C22H22N2O8/c1-24(2)21(31)10-3-4-12(25)15-11(10)6-8-5-9-7-13(26)16(20(23)30)19(29)22(9,32)18(28)14(8)17(15)27/h3-4,8-9,25,27,29,32H,5-7H2,1-2H3,(H2,23,30). The maximum atomic E-state index is 13.4. The number of rotatable bonds is 2. The summed E-state index contributed by atoms with van der Waals surface area (Å²) in [5.74, 6) is -7.35. The maximum absolute atomic E-state index is 13.4. The summed E-state index contributed by atoms with van der Waals surface area (Å²) in [7, 11) is 3.10. The molecule has 6 N–H and O–H groups in total. The van der Waals surface area contributed by atoms with Gasteiger partial charge in [-0.1, -0.05) is 0 Å². The molecular weight excluding hydrogens is 420 g/mol. The van der Waals surface area contributed by atoms with Gasteiger partial charge in [-0.25, -0.2) is 0 Å². The number of primary amides is 1. The van der Waals surface area contributed by atoms with Crippen molar-refractivity contribution in [1.29, 1.82) is 0 Å². The Balaban J connectivity index is 1.94. The molecule has 0 bridgehead atoms. The van der Waals surface area contributed by atoms with E-state index in [2.05, 4.69) is 0 Å². The SMILES string of the molecule is CN(C)C(=O)c1ccc(O)c2c1CC1CC3CC(=O)C(C(N)=O)=C(O)C3(O)C(=O)C1=C2O. The minimum absolute atomic E-state index is 0.00810. The molecule has 2 amide bonds. The molecule has 32 heavy (non-hydrogen) atoms. The number of aliphatic hydroxyl groups is 3. The molecule has 1 aromatic rings. The smallest absolute Gasteiger partial charge is 0.255 e. The zero-order chi connectivity index (χ0) is 23.7. The second-order valence-electron chi connectivity index (χ2n) is 8.59. The molecule has 0 aromatic heterocycles. The number of hydrogen-bond acceptors (Lipinski definition) is 8. The minimum Gasteiger partial charge on any atom is -0.508 e. The molecule has 168 valence electrons. The van der Waals surface area contributed by atoms with E-state index in [1.165, 1.54) is 17.0 Å². The summed E-state index contributed by atoms with van der Waals surface area (Å²) >= 11 is 0. The van der Waals surface area contributed by atoms with Crippen molar-refractivity contribution in [3.63, 3.8) is 0 Å². The van der Waals surface area contributed by atoms with Crippen molar-refractivity contribution in [3.05, 3.63) is 45.7 Å². The van der Waals surface area contributed by atoms with Crippen LogP contribution in [0, 0.1) is 11.8 Å². The Bertz CT molecular complexity index is 1180. The molecular formula is C22H22N2O8. The van der Waals surface area contributed by atoms with E-state index in [1.54, 1.807) is 14.1 Å². The summed E-state index contributed by atoms with van der Waals surface area (Å²) in [6, 6.07) is 2.65. The third-order valence-corrected chi connectivity index (χ3v) is 6.58. The third kappa shape index (κ3) is 2.69. The number of phenols is 1. The van der Waals surface area contributed by atoms with E-state index < -0.39 is 58.4 Å². The molecule has 4 rings (SSSR count). The molecule has 10 heteroatoms. The van der Waals surface area contributed by atoms with E-state index >= 15 is 0 Å². The van der Waals surface area contributed by atoms with Crippen molar-refractivity contribution < 1.29 is 39.6 Å². The first-order valence-electron chi connectivity index (χ1n) is 9.95. The van der Waals surface area contributed by atoms with Gasteiger partial charge in [-0.3, -0.25) is 19.2 Å². The molecule has 0 spiro atoms. The van der Waals surface area contributed by atoms with E-state index in [0.717, 1.165) is 0 Å². The van der Waals surface area contributed by atoms with Gasteiger partial charge in [-0.05, 0) is 36.5 Å². The second-order valence-corrected chi connectivity index (χ2v) is 8.59. The number of nitrogens with zero attached hydrogens (tertiary/aromatic N) is 1. The van der Waals surface area contributed by atoms with E-state index in [9.17, 15) is 39.6 Å². The molecule has 0 heterocycles. The number of carbonyl (C=O) groups excluding carboxylic acids is 4. The number of aliphatic hydroxyl groups excluding tert-OH is 2. The fraction of sp³-hybridized carbons (Fsp3) is 0.364. The van der Waals surface area contributed by atoms with Crippen molar-refractivity contribution >= 4 is 29.1 Å². The van der Waals surface area contributed by atoms with Crippen LogP contribution in [0.5, 0.6) is 5.75 Å². The average molecular weight is 442 g/mol. The number of nitrogens with two attached hydrogens (primary N) is 1. The van der Waals surface area contributed by atoms with Gasteiger partial charge < -0.3 is 31.1 Å². The number of ketones is 2. The number of aromatic hydroxyl groups is 1. The highest BCUT2D eigenvalue weighted by Crippen LogP contribution is 2.52. The zero-order valence-electron chi connectivity index (χ0n) is 17.4. The largest absolute Gasteiger partial charge is 0.508 e. The summed E-state index contributed by atoms with van der Waals surface area (Å²) in [4.78, 5) is 51.3. The van der Waals surface area contributed by atoms with Crippen LogP contribution in [0.15, 0.2) is 29.0 Å². The third-order valence-electron chi connectivity index (χ3n) is 6.58. The highest BCUT2D eigenvalue weighted by atomic mass is 16.3. The average Bonchev–Trinajstić information content (AvgIpc) is 2.70. The number of benzene rings is 1. The first-order chi connectivity index (χ1) is 14.9. The predicted octanol–water partition coefficient (Wildman–Crippen LogP) is 0.126. The molecule has 1 saturated carbocycles. The number of phenolic OH excluding ortho intramolecular Hbond substituents is 1. The molecule has 1 aromatic carbocycles. The molecule has 0 saturated heterocycles. The van der Waals surface area contributed by atoms with Crippen LogP contribution in [0.3, 0.4) is 0 Å². The van der Waals surface area contributed by atoms with Crippen LogP contribution in [0.1, 0.15) is 34.3 Å². The van der Waals surface area contributed by atoms with Crippen LogP contribution >= 0.6 is 0 Å². The first-order valence-corrected chi connectivity index (χ1v) is 9.95. The number of Topliss-reactive ketones (excluding diaryl/α,β-unsaturated/α-hetero) is 2. The monoisotopic (exact) mass is 442 g/mol. The highest BCUT2D eigenvalue weighted by Gasteiger charge is 2.60. The van der Waals surface area contributed by atoms with E-state index in [-0.39, 0.29) is 41.2 Å². The summed E-state index contributed by atoms with van der Waals surface area (Å²) in [6.45, 7) is 0. The topological polar surface area (TPSA) is 178 Å². The van der Waals surface area contributed by atoms with Crippen LogP contribution in [-0.2, 0) is 20.8 Å². The quantitative estimate of drug-likeness (QED) is 0.401. The summed E-state index contributed by atoms with van der Waals surface area (Å²) in [5.41, 5.74) is 1.93. The van der Waals surface area contributed by atoms with Gasteiger partial charge in [0, 0.05) is 37.6 Å². The van der Waals surface area contributed by atoms with E-state index in [0.29, 0.717) is 5.56 Å². The van der Waals surface area contributed by atoms with Gasteiger partial charge in [-0.2, -0.15) is 0 Å². The lowest BCUT2D eigenvalue weighted by atomic mass is 9.59. The van der Waals surface area contributed by atoms with Crippen LogP contribution < -0.4 is 5.73 Å². The van der Waals surface area contributed by atoms with Crippen molar-refractivity contribution in [2.24, 2.45) is 17.6 Å². The van der Waals surface area contributed by atoms with Crippen LogP contribution in [0.2, 0.25) is 0 Å². The van der Waals surface area contributed by atoms with Gasteiger partial charge in [0.1, 0.15) is 22.8 Å². The summed E-state index contributed by atoms with van der Waals surface area (Å²) in [5, 5.41) is 43.1. The van der Waals surface area contributed by atoms with Gasteiger partial charge >= 0.3 is 0 Å². The normalized spacial score (nSPS) is 27.0. The van der Waals surface area contributed by atoms with E-state index in [4.69, 9.17) is 5.73 Å². The Morgan fingerprint density at radius 1 is 1.12 bits per heavy atom. The molecule has 3 unspecified atom stereocenters. The molecule has 0 radical (unpaired) electrons. The van der Waals surface area contributed by atoms with Crippen LogP contribution in [0.4, 0.5) is 0 Å². The van der Waals surface area contributed by atoms with Gasteiger partial charge in [0.2, 0.25) is 5.78 Å². The van der Waals surface area contributed by atoms with Crippen LogP contribution in [-0.4, -0.2) is 68.4 Å². The van der Waals surface area contributed by atoms with Crippen molar-refractivity contribution in [1.82, 2.24) is 4.90 Å². The van der Waals surface area contributed by atoms with Crippen molar-refractivity contribution in [2.45, 2.75) is 24.9 Å². The molecule has 3 atom stereocenters. The van der Waals surface area contributed by atoms with Crippen LogP contribution in [0.25, 0.3) is 5.76 Å². The van der Waals surface area contributed by atoms with Crippen molar-refractivity contribution in [3.8, 4) is 5.75 Å². The van der Waals surface area contributed by atoms with Crippen molar-refractivity contribution in [2.75, 3.05) is 14.1 Å². The zero-order valence-corrected chi connectivity index (χ0v) is 17.4. The predicted molar refractivity (Wildman–Crippen MR) is 109 cm³/mol. The molecule has 0 aliphatic heterocycles. The number of amides is 2. The first kappa shape index (κ1) is 21.6. The lowest BCUT2D eigenvalue weighted by Crippen LogP contribution is -2.58. The number of hydrogen-bond donors (Lipinski definition) is 5. The fourth-order valence-electron chi connectivity index (χ4n) is 5.06. The van der Waals surface area contributed by atoms with E-state index in [1.807, 2.05) is 0 Å². The number of carbonyl (C=O) groups is 4.